The van der Waals surface area contributed by atoms with Gasteiger partial charge in [0, 0.05) is 0 Å². The van der Waals surface area contributed by atoms with Crippen molar-refractivity contribution in [3.05, 3.63) is 57.3 Å². The van der Waals surface area contributed by atoms with Crippen LogP contribution < -0.4 is 4.72 Å². The monoisotopic (exact) mass is 353 g/mol. The van der Waals surface area contributed by atoms with Gasteiger partial charge in [-0.2, -0.15) is 0 Å². The Balaban J connectivity index is 2.35. The van der Waals surface area contributed by atoms with Gasteiger partial charge in [0.05, 0.1) is 25.7 Å². The summed E-state index contributed by atoms with van der Waals surface area (Å²) in [5.74, 6) is -0.635. The fourth-order valence-electron chi connectivity index (χ4n) is 1.42. The van der Waals surface area contributed by atoms with Gasteiger partial charge < -0.3 is 0 Å². The highest BCUT2D eigenvalue weighted by Crippen LogP contribution is 2.27. The lowest BCUT2D eigenvalue weighted by Gasteiger charge is -2.09. The quantitative estimate of drug-likeness (QED) is 0.876. The van der Waals surface area contributed by atoms with E-state index in [-0.39, 0.29) is 25.7 Å². The van der Waals surface area contributed by atoms with Crippen LogP contribution in [0.1, 0.15) is 0 Å². The first-order valence-corrected chi connectivity index (χ1v) is 7.84. The molecule has 0 saturated heterocycles. The van der Waals surface area contributed by atoms with Crippen LogP contribution in [0.2, 0.25) is 15.1 Å². The Kier molecular flexibility index (Phi) is 4.44. The molecule has 2 rings (SSSR count). The van der Waals surface area contributed by atoms with Crippen LogP contribution >= 0.6 is 34.8 Å². The predicted octanol–water partition coefficient (Wildman–Crippen LogP) is 4.59. The zero-order valence-electron chi connectivity index (χ0n) is 9.70. The van der Waals surface area contributed by atoms with Crippen molar-refractivity contribution >= 4 is 50.5 Å². The highest BCUT2D eigenvalue weighted by atomic mass is 35.5. The van der Waals surface area contributed by atoms with Gasteiger partial charge in [-0.25, -0.2) is 12.8 Å². The summed E-state index contributed by atoms with van der Waals surface area (Å²) in [4.78, 5) is -0.0626. The lowest BCUT2D eigenvalue weighted by Crippen LogP contribution is -2.13. The second-order valence-corrected chi connectivity index (χ2v) is 6.71. The smallest absolute Gasteiger partial charge is 0.261 e. The van der Waals surface area contributed by atoms with Crippen LogP contribution in [0.4, 0.5) is 10.1 Å². The van der Waals surface area contributed by atoms with Crippen molar-refractivity contribution in [1.29, 1.82) is 0 Å². The number of hydrogen-bond acceptors (Lipinski definition) is 2. The lowest BCUT2D eigenvalue weighted by molar-refractivity contribution is 0.601. The number of benzene rings is 2. The zero-order chi connectivity index (χ0) is 14.9. The second-order valence-electron chi connectivity index (χ2n) is 3.81. The topological polar surface area (TPSA) is 46.2 Å². The second kappa shape index (κ2) is 5.77. The standard InChI is InChI=1S/C12H7Cl3FNO2S/c13-9-3-2-8(6-10(9)14)20(18,19)17-7-1-4-12(16)11(15)5-7/h1-6,17H. The molecule has 0 unspecified atom stereocenters. The highest BCUT2D eigenvalue weighted by Gasteiger charge is 2.16. The normalized spacial score (nSPS) is 11.4. The molecule has 2 aromatic carbocycles. The van der Waals surface area contributed by atoms with Crippen LogP contribution in [-0.4, -0.2) is 8.42 Å². The molecule has 20 heavy (non-hydrogen) atoms. The van der Waals surface area contributed by atoms with Gasteiger partial charge >= 0.3 is 0 Å². The van der Waals surface area contributed by atoms with Gasteiger partial charge in [-0.05, 0) is 36.4 Å². The largest absolute Gasteiger partial charge is 0.280 e. The minimum atomic E-state index is -3.86. The van der Waals surface area contributed by atoms with E-state index in [2.05, 4.69) is 4.72 Å². The number of hydrogen-bond donors (Lipinski definition) is 1. The van der Waals surface area contributed by atoms with Gasteiger partial charge in [0.15, 0.2) is 0 Å². The maximum atomic E-state index is 13.0. The van der Waals surface area contributed by atoms with Crippen LogP contribution in [-0.2, 0) is 10.0 Å². The molecule has 0 amide bonds. The molecule has 3 nitrogen and oxygen atoms in total. The third kappa shape index (κ3) is 3.35. The fraction of sp³-hybridized carbons (Fsp3) is 0. The fourth-order valence-corrected chi connectivity index (χ4v) is 3.04. The van der Waals surface area contributed by atoms with Crippen molar-refractivity contribution in [1.82, 2.24) is 0 Å². The van der Waals surface area contributed by atoms with E-state index in [4.69, 9.17) is 34.8 Å². The van der Waals surface area contributed by atoms with E-state index in [0.717, 1.165) is 6.07 Å². The number of sulfonamides is 1. The van der Waals surface area contributed by atoms with Crippen molar-refractivity contribution < 1.29 is 12.8 Å². The molecule has 0 atom stereocenters. The third-order valence-corrected chi connectivity index (χ3v) is 4.78. The van der Waals surface area contributed by atoms with Crippen LogP contribution in [0.3, 0.4) is 0 Å². The predicted molar refractivity (Wildman–Crippen MR) is 78.7 cm³/mol. The summed E-state index contributed by atoms with van der Waals surface area (Å²) in [6.45, 7) is 0. The number of anilines is 1. The van der Waals surface area contributed by atoms with Crippen molar-refractivity contribution in [3.8, 4) is 0 Å². The number of halogens is 4. The number of nitrogens with one attached hydrogen (secondary N) is 1. The van der Waals surface area contributed by atoms with E-state index in [9.17, 15) is 12.8 Å². The molecular weight excluding hydrogens is 348 g/mol. The Morgan fingerprint density at radius 1 is 0.900 bits per heavy atom. The molecule has 0 spiro atoms. The van der Waals surface area contributed by atoms with Crippen molar-refractivity contribution in [3.63, 3.8) is 0 Å². The summed E-state index contributed by atoms with van der Waals surface area (Å²) in [7, 11) is -3.86. The van der Waals surface area contributed by atoms with Crippen LogP contribution in [0.5, 0.6) is 0 Å². The molecule has 0 heterocycles. The molecule has 0 aliphatic carbocycles. The molecule has 0 saturated carbocycles. The van der Waals surface area contributed by atoms with E-state index < -0.39 is 15.8 Å². The van der Waals surface area contributed by atoms with E-state index in [1.54, 1.807) is 0 Å². The van der Waals surface area contributed by atoms with Crippen molar-refractivity contribution in [2.45, 2.75) is 4.90 Å². The van der Waals surface area contributed by atoms with Gasteiger partial charge in [-0.3, -0.25) is 4.72 Å². The summed E-state index contributed by atoms with van der Waals surface area (Å²) in [5, 5.41) is 0.182. The summed E-state index contributed by atoms with van der Waals surface area (Å²) < 4.78 is 39.5. The van der Waals surface area contributed by atoms with Gasteiger partial charge in [0.2, 0.25) is 0 Å². The molecule has 0 aliphatic heterocycles. The first kappa shape index (κ1) is 15.4. The van der Waals surface area contributed by atoms with E-state index in [1.165, 1.54) is 30.3 Å². The minimum absolute atomic E-state index is 0.0626. The lowest BCUT2D eigenvalue weighted by atomic mass is 10.3. The van der Waals surface area contributed by atoms with Crippen LogP contribution in [0, 0.1) is 5.82 Å². The molecule has 0 fully saturated rings. The molecular formula is C12H7Cl3FNO2S. The Morgan fingerprint density at radius 3 is 2.20 bits per heavy atom. The zero-order valence-corrected chi connectivity index (χ0v) is 12.8. The summed E-state index contributed by atoms with van der Waals surface area (Å²) >= 11 is 17.1. The Labute approximate surface area is 130 Å². The van der Waals surface area contributed by atoms with Gasteiger partial charge in [-0.15, -0.1) is 0 Å². The molecule has 8 heteroatoms. The van der Waals surface area contributed by atoms with Gasteiger partial charge in [0.1, 0.15) is 5.82 Å². The van der Waals surface area contributed by atoms with E-state index in [0.29, 0.717) is 0 Å². The van der Waals surface area contributed by atoms with Crippen molar-refractivity contribution in [2.75, 3.05) is 4.72 Å². The maximum absolute atomic E-state index is 13.0. The molecule has 106 valence electrons. The molecule has 2 aromatic rings. The molecule has 0 radical (unpaired) electrons. The van der Waals surface area contributed by atoms with E-state index in [1.807, 2.05) is 0 Å². The Hall–Kier alpha value is -1.01. The summed E-state index contributed by atoms with van der Waals surface area (Å²) in [6.07, 6.45) is 0. The number of rotatable bonds is 3. The van der Waals surface area contributed by atoms with Crippen molar-refractivity contribution in [2.24, 2.45) is 0 Å². The van der Waals surface area contributed by atoms with Gasteiger partial charge in [0.25, 0.3) is 10.0 Å². The first-order chi connectivity index (χ1) is 9.29. The van der Waals surface area contributed by atoms with Crippen LogP contribution in [0.25, 0.3) is 0 Å². The third-order valence-electron chi connectivity index (χ3n) is 2.37. The van der Waals surface area contributed by atoms with Crippen LogP contribution in [0.15, 0.2) is 41.3 Å². The molecule has 0 aromatic heterocycles. The summed E-state index contributed by atoms with van der Waals surface area (Å²) in [6, 6.07) is 7.40. The molecule has 0 bridgehead atoms. The average molecular weight is 355 g/mol. The molecule has 0 aliphatic rings. The SMILES string of the molecule is O=S(=O)(Nc1ccc(F)c(Cl)c1)c1ccc(Cl)c(Cl)c1. The van der Waals surface area contributed by atoms with Gasteiger partial charge in [-0.1, -0.05) is 34.8 Å². The first-order valence-electron chi connectivity index (χ1n) is 5.22. The minimum Gasteiger partial charge on any atom is -0.280 e. The Bertz CT molecular complexity index is 765. The molecule has 1 N–H and O–H groups in total. The maximum Gasteiger partial charge on any atom is 0.261 e. The van der Waals surface area contributed by atoms with E-state index >= 15 is 0 Å². The summed E-state index contributed by atoms with van der Waals surface area (Å²) in [5.41, 5.74) is 0.141. The highest BCUT2D eigenvalue weighted by molar-refractivity contribution is 7.92. The Morgan fingerprint density at radius 2 is 1.60 bits per heavy atom. The average Bonchev–Trinajstić information content (AvgIpc) is 2.37.